The van der Waals surface area contributed by atoms with E-state index in [0.717, 1.165) is 15.8 Å². The molecule has 0 fully saturated rings. The van der Waals surface area contributed by atoms with E-state index in [9.17, 15) is 0 Å². The first kappa shape index (κ1) is 9.60. The maximum absolute atomic E-state index is 4.39. The Morgan fingerprint density at radius 3 is 2.69 bits per heavy atom. The van der Waals surface area contributed by atoms with Crippen LogP contribution in [0.2, 0.25) is 0 Å². The molecule has 3 heteroatoms. The summed E-state index contributed by atoms with van der Waals surface area (Å²) < 4.78 is 3.13. The summed E-state index contributed by atoms with van der Waals surface area (Å²) in [7, 11) is 0. The second-order valence-corrected chi connectivity index (χ2v) is 4.50. The second-order valence-electron chi connectivity index (χ2n) is 3.58. The average molecular weight is 273 g/mol. The van der Waals surface area contributed by atoms with Crippen LogP contribution < -0.4 is 0 Å². The second kappa shape index (κ2) is 3.76. The van der Waals surface area contributed by atoms with E-state index in [1.54, 1.807) is 0 Å². The molecule has 0 saturated heterocycles. The van der Waals surface area contributed by atoms with Gasteiger partial charge in [-0.3, -0.25) is 4.40 Å². The molecule has 2 heterocycles. The summed E-state index contributed by atoms with van der Waals surface area (Å²) in [5, 5.41) is 0. The van der Waals surface area contributed by atoms with Crippen molar-refractivity contribution in [1.82, 2.24) is 9.38 Å². The molecule has 2 aromatic heterocycles. The molecule has 0 bridgehead atoms. The summed E-state index contributed by atoms with van der Waals surface area (Å²) in [6, 6.07) is 14.3. The predicted molar refractivity (Wildman–Crippen MR) is 68.3 cm³/mol. The van der Waals surface area contributed by atoms with Gasteiger partial charge in [0.15, 0.2) is 0 Å². The number of pyridine rings is 1. The number of rotatable bonds is 1. The molecular formula is C13H9BrN2. The van der Waals surface area contributed by atoms with Crippen molar-refractivity contribution in [3.8, 4) is 11.3 Å². The molecule has 0 spiro atoms. The highest BCUT2D eigenvalue weighted by molar-refractivity contribution is 9.10. The molecule has 0 aliphatic carbocycles. The lowest BCUT2D eigenvalue weighted by Gasteiger charge is -2.01. The topological polar surface area (TPSA) is 17.3 Å². The third kappa shape index (κ3) is 1.53. The van der Waals surface area contributed by atoms with Gasteiger partial charge in [-0.15, -0.1) is 0 Å². The van der Waals surface area contributed by atoms with Gasteiger partial charge in [-0.25, -0.2) is 4.98 Å². The molecule has 0 unspecified atom stereocenters. The van der Waals surface area contributed by atoms with Gasteiger partial charge in [0.2, 0.25) is 0 Å². The Morgan fingerprint density at radius 1 is 1.06 bits per heavy atom. The van der Waals surface area contributed by atoms with Crippen LogP contribution in [0.3, 0.4) is 0 Å². The number of fused-ring (bicyclic) bond motifs is 1. The molecule has 0 amide bonds. The quantitative estimate of drug-likeness (QED) is 0.659. The number of imidazole rings is 1. The number of hydrogen-bond acceptors (Lipinski definition) is 1. The van der Waals surface area contributed by atoms with Gasteiger partial charge in [0.05, 0.1) is 11.9 Å². The standard InChI is InChI=1S/C13H9BrN2/c14-11-6-7-16-12(9-15-13(16)8-11)10-4-2-1-3-5-10/h1-9H. The highest BCUT2D eigenvalue weighted by Gasteiger charge is 2.04. The summed E-state index contributed by atoms with van der Waals surface area (Å²) in [5.41, 5.74) is 3.24. The molecule has 0 aliphatic rings. The van der Waals surface area contributed by atoms with E-state index in [1.807, 2.05) is 42.7 Å². The number of hydrogen-bond donors (Lipinski definition) is 0. The zero-order valence-corrected chi connectivity index (χ0v) is 10.1. The minimum atomic E-state index is 0.952. The Bertz CT molecular complexity index is 629. The first-order chi connectivity index (χ1) is 7.84. The fraction of sp³-hybridized carbons (Fsp3) is 0. The van der Waals surface area contributed by atoms with E-state index in [4.69, 9.17) is 0 Å². The minimum Gasteiger partial charge on any atom is -0.300 e. The van der Waals surface area contributed by atoms with Crippen molar-refractivity contribution in [3.63, 3.8) is 0 Å². The van der Waals surface area contributed by atoms with Crippen molar-refractivity contribution in [2.45, 2.75) is 0 Å². The zero-order valence-electron chi connectivity index (χ0n) is 8.47. The highest BCUT2D eigenvalue weighted by Crippen LogP contribution is 2.22. The SMILES string of the molecule is Brc1ccn2c(-c3ccccc3)cnc2c1. The van der Waals surface area contributed by atoms with Gasteiger partial charge in [-0.1, -0.05) is 46.3 Å². The van der Waals surface area contributed by atoms with E-state index < -0.39 is 0 Å². The van der Waals surface area contributed by atoms with Crippen LogP contribution in [0.5, 0.6) is 0 Å². The van der Waals surface area contributed by atoms with Crippen molar-refractivity contribution in [2.75, 3.05) is 0 Å². The fourth-order valence-corrected chi connectivity index (χ4v) is 2.10. The van der Waals surface area contributed by atoms with Crippen LogP contribution in [0.1, 0.15) is 0 Å². The first-order valence-corrected chi connectivity index (χ1v) is 5.82. The Morgan fingerprint density at radius 2 is 1.88 bits per heavy atom. The molecule has 0 radical (unpaired) electrons. The van der Waals surface area contributed by atoms with Crippen LogP contribution in [0.15, 0.2) is 59.3 Å². The minimum absolute atomic E-state index is 0.952. The lowest BCUT2D eigenvalue weighted by Crippen LogP contribution is -1.87. The predicted octanol–water partition coefficient (Wildman–Crippen LogP) is 3.76. The van der Waals surface area contributed by atoms with Gasteiger partial charge in [-0.2, -0.15) is 0 Å². The molecule has 2 nitrogen and oxygen atoms in total. The van der Waals surface area contributed by atoms with Gasteiger partial charge in [0, 0.05) is 16.2 Å². The third-order valence-electron chi connectivity index (χ3n) is 2.54. The Labute approximate surface area is 102 Å². The highest BCUT2D eigenvalue weighted by atomic mass is 79.9. The van der Waals surface area contributed by atoms with Crippen LogP contribution >= 0.6 is 15.9 Å². The van der Waals surface area contributed by atoms with E-state index >= 15 is 0 Å². The van der Waals surface area contributed by atoms with Crippen molar-refractivity contribution in [2.24, 2.45) is 0 Å². The number of aromatic nitrogens is 2. The van der Waals surface area contributed by atoms with E-state index in [-0.39, 0.29) is 0 Å². The summed E-state index contributed by atoms with van der Waals surface area (Å²) in [6.45, 7) is 0. The molecule has 0 atom stereocenters. The Balaban J connectivity index is 2.26. The monoisotopic (exact) mass is 272 g/mol. The van der Waals surface area contributed by atoms with E-state index in [2.05, 4.69) is 37.4 Å². The van der Waals surface area contributed by atoms with Crippen LogP contribution in [0.25, 0.3) is 16.9 Å². The molecule has 0 N–H and O–H groups in total. The van der Waals surface area contributed by atoms with Crippen molar-refractivity contribution < 1.29 is 0 Å². The summed E-state index contributed by atoms with van der Waals surface area (Å²) >= 11 is 3.44. The molecular weight excluding hydrogens is 264 g/mol. The maximum atomic E-state index is 4.39. The molecule has 1 aromatic carbocycles. The van der Waals surface area contributed by atoms with Crippen molar-refractivity contribution in [3.05, 3.63) is 59.3 Å². The summed E-state index contributed by atoms with van der Waals surface area (Å²) in [4.78, 5) is 4.39. The van der Waals surface area contributed by atoms with Crippen LogP contribution in [-0.2, 0) is 0 Å². The smallest absolute Gasteiger partial charge is 0.138 e. The van der Waals surface area contributed by atoms with Crippen molar-refractivity contribution >= 4 is 21.6 Å². The molecule has 0 saturated carbocycles. The molecule has 78 valence electrons. The van der Waals surface area contributed by atoms with Gasteiger partial charge in [-0.05, 0) is 12.1 Å². The zero-order chi connectivity index (χ0) is 11.0. The number of benzene rings is 1. The van der Waals surface area contributed by atoms with Crippen LogP contribution in [-0.4, -0.2) is 9.38 Å². The fourth-order valence-electron chi connectivity index (χ4n) is 1.78. The summed E-state index contributed by atoms with van der Waals surface area (Å²) in [6.07, 6.45) is 3.92. The Hall–Kier alpha value is -1.61. The average Bonchev–Trinajstić information content (AvgIpc) is 2.73. The molecule has 0 aliphatic heterocycles. The van der Waals surface area contributed by atoms with E-state index in [1.165, 1.54) is 5.56 Å². The van der Waals surface area contributed by atoms with Crippen molar-refractivity contribution in [1.29, 1.82) is 0 Å². The molecule has 3 aromatic rings. The normalized spacial score (nSPS) is 10.8. The van der Waals surface area contributed by atoms with E-state index in [0.29, 0.717) is 0 Å². The number of halogens is 1. The lowest BCUT2D eigenvalue weighted by atomic mass is 10.2. The largest absolute Gasteiger partial charge is 0.300 e. The molecule has 16 heavy (non-hydrogen) atoms. The summed E-state index contributed by atoms with van der Waals surface area (Å²) in [5.74, 6) is 0. The maximum Gasteiger partial charge on any atom is 0.138 e. The van der Waals surface area contributed by atoms with Gasteiger partial charge in [0.25, 0.3) is 0 Å². The lowest BCUT2D eigenvalue weighted by molar-refractivity contribution is 1.18. The molecule has 3 rings (SSSR count). The third-order valence-corrected chi connectivity index (χ3v) is 3.04. The number of nitrogens with zero attached hydrogens (tertiary/aromatic N) is 2. The first-order valence-electron chi connectivity index (χ1n) is 5.02. The Kier molecular flexibility index (Phi) is 2.26. The van der Waals surface area contributed by atoms with Gasteiger partial charge < -0.3 is 0 Å². The van der Waals surface area contributed by atoms with Crippen LogP contribution in [0, 0.1) is 0 Å². The van der Waals surface area contributed by atoms with Crippen LogP contribution in [0.4, 0.5) is 0 Å². The van der Waals surface area contributed by atoms with Gasteiger partial charge in [0.1, 0.15) is 5.65 Å². The van der Waals surface area contributed by atoms with Gasteiger partial charge >= 0.3 is 0 Å².